The Balaban J connectivity index is 1.54. The maximum absolute atomic E-state index is 12.2. The number of aryl methyl sites for hydroxylation is 2. The Kier molecular flexibility index (Phi) is 6.01. The van der Waals surface area contributed by atoms with Crippen LogP contribution in [0.1, 0.15) is 30.1 Å². The van der Waals surface area contributed by atoms with Crippen molar-refractivity contribution in [3.63, 3.8) is 0 Å². The highest BCUT2D eigenvalue weighted by molar-refractivity contribution is 5.90. The minimum absolute atomic E-state index is 0.124. The van der Waals surface area contributed by atoms with Gasteiger partial charge in [-0.3, -0.25) is 0 Å². The number of benzene rings is 1. The van der Waals surface area contributed by atoms with Crippen LogP contribution in [0.4, 0.5) is 10.5 Å². The molecule has 1 aliphatic rings. The van der Waals surface area contributed by atoms with Crippen molar-refractivity contribution in [1.29, 1.82) is 0 Å². The van der Waals surface area contributed by atoms with Crippen molar-refractivity contribution in [2.24, 2.45) is 0 Å². The molecule has 2 aromatic rings. The van der Waals surface area contributed by atoms with E-state index in [-0.39, 0.29) is 18.7 Å². The summed E-state index contributed by atoms with van der Waals surface area (Å²) in [6.07, 6.45) is 2.20. The van der Waals surface area contributed by atoms with Crippen molar-refractivity contribution in [2.45, 2.75) is 39.3 Å². The van der Waals surface area contributed by atoms with Gasteiger partial charge in [0.15, 0.2) is 0 Å². The van der Waals surface area contributed by atoms with Crippen molar-refractivity contribution in [2.75, 3.05) is 18.5 Å². The van der Waals surface area contributed by atoms with Crippen LogP contribution in [0.15, 0.2) is 30.3 Å². The van der Waals surface area contributed by atoms with Crippen LogP contribution in [0.25, 0.3) is 0 Å². The van der Waals surface area contributed by atoms with Crippen LogP contribution in [-0.2, 0) is 11.3 Å². The van der Waals surface area contributed by atoms with E-state index in [0.29, 0.717) is 23.9 Å². The molecule has 7 heteroatoms. The van der Waals surface area contributed by atoms with E-state index in [1.807, 2.05) is 38.1 Å². The molecular weight excluding hydrogens is 332 g/mol. The van der Waals surface area contributed by atoms with Crippen molar-refractivity contribution < 1.29 is 14.3 Å². The zero-order chi connectivity index (χ0) is 18.4. The zero-order valence-electron chi connectivity index (χ0n) is 15.1. The van der Waals surface area contributed by atoms with Gasteiger partial charge in [-0.05, 0) is 44.9 Å². The highest BCUT2D eigenvalue weighted by Gasteiger charge is 2.17. The molecule has 3 rings (SSSR count). The van der Waals surface area contributed by atoms with Crippen molar-refractivity contribution in [1.82, 2.24) is 15.3 Å². The van der Waals surface area contributed by atoms with Gasteiger partial charge in [0.1, 0.15) is 18.2 Å². The largest absolute Gasteiger partial charge is 0.489 e. The first-order valence-electron chi connectivity index (χ1n) is 8.79. The molecule has 2 heterocycles. The second-order valence-electron chi connectivity index (χ2n) is 6.32. The second kappa shape index (κ2) is 8.62. The number of carbonyl (C=O) groups excluding carboxylic acids is 1. The zero-order valence-corrected chi connectivity index (χ0v) is 15.1. The number of anilines is 1. The van der Waals surface area contributed by atoms with Gasteiger partial charge < -0.3 is 20.1 Å². The summed E-state index contributed by atoms with van der Waals surface area (Å²) in [4.78, 5) is 20.8. The molecule has 26 heavy (non-hydrogen) atoms. The first-order chi connectivity index (χ1) is 12.6. The molecular formula is C19H24N4O3. The molecule has 0 unspecified atom stereocenters. The summed E-state index contributed by atoms with van der Waals surface area (Å²) in [5.41, 5.74) is 2.37. The summed E-state index contributed by atoms with van der Waals surface area (Å²) >= 11 is 0. The van der Waals surface area contributed by atoms with Crippen LogP contribution in [0.3, 0.4) is 0 Å². The lowest BCUT2D eigenvalue weighted by Crippen LogP contribution is -2.29. The van der Waals surface area contributed by atoms with Gasteiger partial charge in [0, 0.05) is 18.0 Å². The maximum atomic E-state index is 12.2. The molecule has 2 amide bonds. The molecule has 7 nitrogen and oxygen atoms in total. The standard InChI is InChI=1S/C19H24N4O3/c1-13-10-14(2)22-18(21-13)11-20-19(24)23-16-7-3-4-8-17(16)26-12-15-6-5-9-25-15/h3-4,7-8,10,15H,5-6,9,11-12H2,1-2H3,(H2,20,23,24)/t15-/m1/s1. The smallest absolute Gasteiger partial charge is 0.319 e. The van der Waals surface area contributed by atoms with Gasteiger partial charge in [-0.25, -0.2) is 14.8 Å². The van der Waals surface area contributed by atoms with E-state index in [0.717, 1.165) is 30.8 Å². The Morgan fingerprint density at radius 1 is 1.27 bits per heavy atom. The first kappa shape index (κ1) is 18.1. The number of aromatic nitrogens is 2. The van der Waals surface area contributed by atoms with Gasteiger partial charge in [0.2, 0.25) is 0 Å². The Hall–Kier alpha value is -2.67. The van der Waals surface area contributed by atoms with E-state index in [2.05, 4.69) is 20.6 Å². The van der Waals surface area contributed by atoms with Crippen LogP contribution >= 0.6 is 0 Å². The lowest BCUT2D eigenvalue weighted by atomic mass is 10.2. The molecule has 138 valence electrons. The fourth-order valence-electron chi connectivity index (χ4n) is 2.86. The van der Waals surface area contributed by atoms with Crippen LogP contribution in [0, 0.1) is 13.8 Å². The monoisotopic (exact) mass is 356 g/mol. The van der Waals surface area contributed by atoms with Crippen LogP contribution in [-0.4, -0.2) is 35.3 Å². The second-order valence-corrected chi connectivity index (χ2v) is 6.32. The molecule has 1 aromatic heterocycles. The number of ether oxygens (including phenoxy) is 2. The number of rotatable bonds is 6. The summed E-state index contributed by atoms with van der Waals surface area (Å²) in [5.74, 6) is 1.21. The Morgan fingerprint density at radius 2 is 2.04 bits per heavy atom. The van der Waals surface area contributed by atoms with Crippen molar-refractivity contribution in [3.8, 4) is 5.75 Å². The summed E-state index contributed by atoms with van der Waals surface area (Å²) in [7, 11) is 0. The van der Waals surface area contributed by atoms with Crippen LogP contribution < -0.4 is 15.4 Å². The third-order valence-corrected chi connectivity index (χ3v) is 4.02. The van der Waals surface area contributed by atoms with Gasteiger partial charge in [0.05, 0.1) is 18.3 Å². The number of nitrogens with zero attached hydrogens (tertiary/aromatic N) is 2. The van der Waals surface area contributed by atoms with Gasteiger partial charge in [-0.15, -0.1) is 0 Å². The molecule has 0 radical (unpaired) electrons. The number of carbonyl (C=O) groups is 1. The van der Waals surface area contributed by atoms with Gasteiger partial charge in [-0.2, -0.15) is 0 Å². The van der Waals surface area contributed by atoms with E-state index in [4.69, 9.17) is 9.47 Å². The lowest BCUT2D eigenvalue weighted by Gasteiger charge is -2.15. The maximum Gasteiger partial charge on any atom is 0.319 e. The summed E-state index contributed by atoms with van der Waals surface area (Å²) in [6.45, 7) is 5.33. The van der Waals surface area contributed by atoms with E-state index in [1.54, 1.807) is 6.07 Å². The molecule has 0 spiro atoms. The normalized spacial score (nSPS) is 16.3. The van der Waals surface area contributed by atoms with Crippen molar-refractivity contribution >= 4 is 11.7 Å². The topological polar surface area (TPSA) is 85.4 Å². The molecule has 1 aliphatic heterocycles. The summed E-state index contributed by atoms with van der Waals surface area (Å²) < 4.78 is 11.4. The SMILES string of the molecule is Cc1cc(C)nc(CNC(=O)Nc2ccccc2OC[C@H]2CCCO2)n1. The Morgan fingerprint density at radius 3 is 2.77 bits per heavy atom. The average Bonchev–Trinajstić information content (AvgIpc) is 3.12. The predicted molar refractivity (Wildman–Crippen MR) is 98.3 cm³/mol. The number of amides is 2. The number of urea groups is 1. The third kappa shape index (κ3) is 5.16. The number of hydrogen-bond donors (Lipinski definition) is 2. The molecule has 1 atom stereocenters. The fourth-order valence-corrected chi connectivity index (χ4v) is 2.86. The Bertz CT molecular complexity index is 740. The van der Waals surface area contributed by atoms with Crippen molar-refractivity contribution in [3.05, 3.63) is 47.5 Å². The molecule has 1 aromatic carbocycles. The highest BCUT2D eigenvalue weighted by atomic mass is 16.5. The molecule has 2 N–H and O–H groups in total. The lowest BCUT2D eigenvalue weighted by molar-refractivity contribution is 0.0682. The van der Waals surface area contributed by atoms with Crippen LogP contribution in [0.2, 0.25) is 0 Å². The van der Waals surface area contributed by atoms with E-state index < -0.39 is 0 Å². The highest BCUT2D eigenvalue weighted by Crippen LogP contribution is 2.25. The summed E-state index contributed by atoms with van der Waals surface area (Å²) in [5, 5.41) is 5.58. The van der Waals surface area contributed by atoms with Crippen LogP contribution in [0.5, 0.6) is 5.75 Å². The average molecular weight is 356 g/mol. The number of para-hydroxylation sites is 2. The Labute approximate surface area is 153 Å². The first-order valence-corrected chi connectivity index (χ1v) is 8.79. The quantitative estimate of drug-likeness (QED) is 0.831. The molecule has 1 saturated heterocycles. The molecule has 0 aliphatic carbocycles. The minimum atomic E-state index is -0.332. The van der Waals surface area contributed by atoms with Gasteiger partial charge in [0.25, 0.3) is 0 Å². The molecule has 1 fully saturated rings. The van der Waals surface area contributed by atoms with E-state index in [9.17, 15) is 4.79 Å². The van der Waals surface area contributed by atoms with E-state index in [1.165, 1.54) is 0 Å². The fraction of sp³-hybridized carbons (Fsp3) is 0.421. The summed E-state index contributed by atoms with van der Waals surface area (Å²) in [6, 6.07) is 8.92. The number of hydrogen-bond acceptors (Lipinski definition) is 5. The molecule has 0 saturated carbocycles. The predicted octanol–water partition coefficient (Wildman–Crippen LogP) is 2.97. The number of nitrogens with one attached hydrogen (secondary N) is 2. The van der Waals surface area contributed by atoms with Gasteiger partial charge >= 0.3 is 6.03 Å². The van der Waals surface area contributed by atoms with Gasteiger partial charge in [-0.1, -0.05) is 12.1 Å². The molecule has 0 bridgehead atoms. The minimum Gasteiger partial charge on any atom is -0.489 e. The van der Waals surface area contributed by atoms with E-state index >= 15 is 0 Å². The third-order valence-electron chi connectivity index (χ3n) is 4.02.